The van der Waals surface area contributed by atoms with Gasteiger partial charge in [-0.05, 0) is 32.0 Å². The lowest BCUT2D eigenvalue weighted by Crippen LogP contribution is -2.60. The topological polar surface area (TPSA) is 71.2 Å². The monoisotopic (exact) mass is 389 g/mol. The van der Waals surface area contributed by atoms with E-state index in [1.165, 1.54) is 10.6 Å². The predicted molar refractivity (Wildman–Crippen MR) is 95.8 cm³/mol. The van der Waals surface area contributed by atoms with E-state index in [9.17, 15) is 13.2 Å². The highest BCUT2D eigenvalue weighted by molar-refractivity contribution is 5.58. The maximum Gasteiger partial charge on any atom is 0.434 e. The molecular weight excluding hydrogens is 371 g/mol. The predicted octanol–water partition coefficient (Wildman–Crippen LogP) is 2.39. The van der Waals surface area contributed by atoms with Crippen molar-refractivity contribution < 1.29 is 13.2 Å². The Hall–Kier alpha value is -2.75. The quantitative estimate of drug-likeness (QED) is 0.726. The average Bonchev–Trinajstić information content (AvgIpc) is 3.09. The number of nitrogens with one attached hydrogen (secondary N) is 1. The molecule has 0 bridgehead atoms. The zero-order valence-corrected chi connectivity index (χ0v) is 14.9. The number of hydrogen-bond donors (Lipinski definition) is 1. The van der Waals surface area contributed by atoms with Crippen molar-refractivity contribution in [3.05, 3.63) is 36.5 Å². The minimum atomic E-state index is -4.53. The van der Waals surface area contributed by atoms with Crippen molar-refractivity contribution in [2.24, 2.45) is 5.41 Å². The molecule has 0 saturated carbocycles. The van der Waals surface area contributed by atoms with Crippen LogP contribution >= 0.6 is 0 Å². The molecule has 7 nitrogen and oxygen atoms in total. The number of anilines is 1. The standard InChI is InChI=1S/C18H18F3N7/c19-18(20,21)13-9-28-12(7-25-15(28)8-24-13)16-23-4-1-14(26-16)27-10-17(11-27)2-5-22-6-3-17/h1,4,7-9,22H,2-3,5-6,10-11H2. The highest BCUT2D eigenvalue weighted by Crippen LogP contribution is 2.40. The van der Waals surface area contributed by atoms with Crippen LogP contribution in [0, 0.1) is 5.41 Å². The minimum absolute atomic E-state index is 0.314. The van der Waals surface area contributed by atoms with Gasteiger partial charge in [0.05, 0.1) is 12.4 Å². The van der Waals surface area contributed by atoms with Crippen molar-refractivity contribution in [3.63, 3.8) is 0 Å². The van der Waals surface area contributed by atoms with Gasteiger partial charge in [-0.2, -0.15) is 13.2 Å². The van der Waals surface area contributed by atoms with Crippen molar-refractivity contribution in [2.75, 3.05) is 31.1 Å². The Kier molecular flexibility index (Phi) is 3.80. The van der Waals surface area contributed by atoms with Crippen molar-refractivity contribution >= 4 is 11.5 Å². The number of alkyl halides is 3. The molecule has 0 atom stereocenters. The molecule has 5 heterocycles. The van der Waals surface area contributed by atoms with E-state index in [1.807, 2.05) is 6.07 Å². The average molecular weight is 389 g/mol. The third kappa shape index (κ3) is 2.88. The summed E-state index contributed by atoms with van der Waals surface area (Å²) in [6.07, 6.45) is 2.92. The van der Waals surface area contributed by atoms with Gasteiger partial charge in [-0.15, -0.1) is 0 Å². The van der Waals surface area contributed by atoms with Gasteiger partial charge >= 0.3 is 6.18 Å². The van der Waals surface area contributed by atoms with Crippen molar-refractivity contribution in [2.45, 2.75) is 19.0 Å². The van der Waals surface area contributed by atoms with Gasteiger partial charge in [-0.3, -0.25) is 4.40 Å². The highest BCUT2D eigenvalue weighted by Gasteiger charge is 2.44. The van der Waals surface area contributed by atoms with Gasteiger partial charge in [-0.1, -0.05) is 0 Å². The molecule has 0 radical (unpaired) electrons. The van der Waals surface area contributed by atoms with E-state index in [0.29, 0.717) is 22.6 Å². The molecule has 2 saturated heterocycles. The number of halogens is 3. The SMILES string of the molecule is FC(F)(F)c1cn2c(-c3nccc(N4CC5(CCNCC5)C4)n3)cnc2cn1. The first kappa shape index (κ1) is 17.4. The Balaban J connectivity index is 1.45. The second kappa shape index (κ2) is 6.13. The van der Waals surface area contributed by atoms with Crippen LogP contribution in [0.1, 0.15) is 18.5 Å². The van der Waals surface area contributed by atoms with Gasteiger partial charge in [-0.25, -0.2) is 19.9 Å². The lowest BCUT2D eigenvalue weighted by Gasteiger charge is -2.53. The van der Waals surface area contributed by atoms with Gasteiger partial charge in [0.25, 0.3) is 0 Å². The maximum absolute atomic E-state index is 13.0. The summed E-state index contributed by atoms with van der Waals surface area (Å²) in [6, 6.07) is 1.84. The van der Waals surface area contributed by atoms with E-state index in [-0.39, 0.29) is 0 Å². The molecule has 1 spiro atoms. The highest BCUT2D eigenvalue weighted by atomic mass is 19.4. The first-order valence-electron chi connectivity index (χ1n) is 9.13. The molecular formula is C18H18F3N7. The molecule has 3 aromatic heterocycles. The normalized spacial score (nSPS) is 19.2. The third-order valence-corrected chi connectivity index (χ3v) is 5.60. The molecule has 1 N–H and O–H groups in total. The minimum Gasteiger partial charge on any atom is -0.355 e. The Bertz CT molecular complexity index is 1020. The van der Waals surface area contributed by atoms with Crippen molar-refractivity contribution in [1.82, 2.24) is 29.7 Å². The van der Waals surface area contributed by atoms with Gasteiger partial charge in [0.1, 0.15) is 11.5 Å². The second-order valence-electron chi connectivity index (χ2n) is 7.49. The van der Waals surface area contributed by atoms with Crippen LogP contribution in [0.4, 0.5) is 19.0 Å². The number of piperidine rings is 1. The Labute approximate surface area is 158 Å². The van der Waals surface area contributed by atoms with E-state index in [4.69, 9.17) is 0 Å². The summed E-state index contributed by atoms with van der Waals surface area (Å²) in [5.74, 6) is 1.13. The van der Waals surface area contributed by atoms with Gasteiger partial charge < -0.3 is 10.2 Å². The van der Waals surface area contributed by atoms with Crippen molar-refractivity contribution in [3.8, 4) is 11.5 Å². The molecule has 0 amide bonds. The largest absolute Gasteiger partial charge is 0.434 e. The van der Waals surface area contributed by atoms with Crippen LogP contribution in [0.2, 0.25) is 0 Å². The smallest absolute Gasteiger partial charge is 0.355 e. The van der Waals surface area contributed by atoms with Crippen molar-refractivity contribution in [1.29, 1.82) is 0 Å². The number of imidazole rings is 1. The molecule has 0 unspecified atom stereocenters. The molecule has 0 aromatic carbocycles. The van der Waals surface area contributed by atoms with Crippen LogP contribution in [-0.2, 0) is 6.18 Å². The van der Waals surface area contributed by atoms with Crippen LogP contribution in [0.15, 0.2) is 30.9 Å². The summed E-state index contributed by atoms with van der Waals surface area (Å²) in [7, 11) is 0. The van der Waals surface area contributed by atoms with Gasteiger partial charge in [0.2, 0.25) is 0 Å². The van der Waals surface area contributed by atoms with Crippen LogP contribution in [0.3, 0.4) is 0 Å². The molecule has 146 valence electrons. The van der Waals surface area contributed by atoms with E-state index in [1.54, 1.807) is 6.20 Å². The zero-order valence-electron chi connectivity index (χ0n) is 14.9. The van der Waals surface area contributed by atoms with E-state index in [0.717, 1.165) is 57.2 Å². The number of rotatable bonds is 2. The second-order valence-corrected chi connectivity index (χ2v) is 7.49. The summed E-state index contributed by atoms with van der Waals surface area (Å²) in [4.78, 5) is 18.6. The summed E-state index contributed by atoms with van der Waals surface area (Å²) < 4.78 is 40.4. The lowest BCUT2D eigenvalue weighted by molar-refractivity contribution is -0.141. The number of hydrogen-bond acceptors (Lipinski definition) is 6. The van der Waals surface area contributed by atoms with E-state index >= 15 is 0 Å². The lowest BCUT2D eigenvalue weighted by atomic mass is 9.72. The number of aromatic nitrogens is 5. The fourth-order valence-electron chi connectivity index (χ4n) is 4.05. The number of fused-ring (bicyclic) bond motifs is 1. The molecule has 2 fully saturated rings. The van der Waals surface area contributed by atoms with Crippen LogP contribution < -0.4 is 10.2 Å². The van der Waals surface area contributed by atoms with E-state index < -0.39 is 11.9 Å². The molecule has 5 rings (SSSR count). The molecule has 2 aliphatic rings. The maximum atomic E-state index is 13.0. The zero-order chi connectivity index (χ0) is 19.4. The molecule has 28 heavy (non-hydrogen) atoms. The summed E-state index contributed by atoms with van der Waals surface area (Å²) in [6.45, 7) is 3.97. The van der Waals surface area contributed by atoms with E-state index in [2.05, 4.69) is 30.2 Å². The van der Waals surface area contributed by atoms with Crippen LogP contribution in [-0.4, -0.2) is 50.5 Å². The molecule has 3 aromatic rings. The third-order valence-electron chi connectivity index (χ3n) is 5.60. The van der Waals surface area contributed by atoms with Gasteiger partial charge in [0, 0.05) is 30.9 Å². The fraction of sp³-hybridized carbons (Fsp3) is 0.444. The molecule has 2 aliphatic heterocycles. The van der Waals surface area contributed by atoms with Gasteiger partial charge in [0.15, 0.2) is 17.2 Å². The Morgan fingerprint density at radius 1 is 1.04 bits per heavy atom. The fourth-order valence-corrected chi connectivity index (χ4v) is 4.05. The first-order valence-corrected chi connectivity index (χ1v) is 9.13. The molecule has 10 heteroatoms. The Morgan fingerprint density at radius 3 is 2.57 bits per heavy atom. The number of nitrogens with zero attached hydrogens (tertiary/aromatic N) is 6. The van der Waals surface area contributed by atoms with Crippen LogP contribution in [0.5, 0.6) is 0 Å². The summed E-state index contributed by atoms with van der Waals surface area (Å²) in [5.41, 5.74) is 0.0925. The molecule has 0 aliphatic carbocycles. The summed E-state index contributed by atoms with van der Waals surface area (Å²) >= 11 is 0. The summed E-state index contributed by atoms with van der Waals surface area (Å²) in [5, 5.41) is 3.38. The first-order chi connectivity index (χ1) is 13.4. The Morgan fingerprint density at radius 2 is 1.82 bits per heavy atom. The van der Waals surface area contributed by atoms with Crippen LogP contribution in [0.25, 0.3) is 17.2 Å².